The lowest BCUT2D eigenvalue weighted by atomic mass is 10.2. The molecule has 0 aliphatic carbocycles. The van der Waals surface area contributed by atoms with E-state index in [1.807, 2.05) is 26.8 Å². The van der Waals surface area contributed by atoms with Gasteiger partial charge in [-0.05, 0) is 38.5 Å². The summed E-state index contributed by atoms with van der Waals surface area (Å²) >= 11 is 0. The molecule has 2 rings (SSSR count). The number of rotatable bonds is 4. The Labute approximate surface area is 124 Å². The summed E-state index contributed by atoms with van der Waals surface area (Å²) in [5, 5.41) is 5.68. The van der Waals surface area contributed by atoms with Gasteiger partial charge in [0.05, 0.1) is 0 Å². The molecule has 0 fully saturated rings. The van der Waals surface area contributed by atoms with Gasteiger partial charge in [0.2, 0.25) is 5.95 Å². The smallest absolute Gasteiger partial charge is 0.258 e. The largest absolute Gasteiger partial charge is 0.373 e. The van der Waals surface area contributed by atoms with E-state index in [9.17, 15) is 4.79 Å². The van der Waals surface area contributed by atoms with Crippen molar-refractivity contribution >= 4 is 17.7 Å². The fourth-order valence-electron chi connectivity index (χ4n) is 1.98. The lowest BCUT2D eigenvalue weighted by molar-refractivity contribution is 0.102. The van der Waals surface area contributed by atoms with Crippen LogP contribution in [0.3, 0.4) is 0 Å². The molecular weight excluding hydrogens is 266 g/mol. The number of pyridine rings is 1. The molecule has 0 aliphatic heterocycles. The SMILES string of the molecule is CCc1cc(C(=O)Nc2nc(C)cc(C)n2)cc(NC)n1. The summed E-state index contributed by atoms with van der Waals surface area (Å²) in [5.41, 5.74) is 3.03. The van der Waals surface area contributed by atoms with E-state index in [1.165, 1.54) is 0 Å². The molecule has 0 saturated carbocycles. The molecular formula is C15H19N5O. The summed E-state index contributed by atoms with van der Waals surface area (Å²) in [6, 6.07) is 5.34. The summed E-state index contributed by atoms with van der Waals surface area (Å²) < 4.78 is 0. The minimum Gasteiger partial charge on any atom is -0.373 e. The van der Waals surface area contributed by atoms with Gasteiger partial charge in [0.25, 0.3) is 5.91 Å². The zero-order chi connectivity index (χ0) is 15.4. The van der Waals surface area contributed by atoms with Crippen LogP contribution in [0, 0.1) is 13.8 Å². The highest BCUT2D eigenvalue weighted by molar-refractivity contribution is 6.03. The molecule has 2 N–H and O–H groups in total. The molecule has 0 aromatic carbocycles. The van der Waals surface area contributed by atoms with Gasteiger partial charge in [-0.25, -0.2) is 15.0 Å². The van der Waals surface area contributed by atoms with Crippen LogP contribution in [0.5, 0.6) is 0 Å². The quantitative estimate of drug-likeness (QED) is 0.901. The van der Waals surface area contributed by atoms with Crippen molar-refractivity contribution in [2.45, 2.75) is 27.2 Å². The van der Waals surface area contributed by atoms with Crippen molar-refractivity contribution < 1.29 is 4.79 Å². The summed E-state index contributed by atoms with van der Waals surface area (Å²) in [7, 11) is 1.77. The molecule has 0 atom stereocenters. The zero-order valence-electron chi connectivity index (χ0n) is 12.7. The normalized spacial score (nSPS) is 10.3. The standard InChI is InChI=1S/C15H19N5O/c1-5-12-7-11(8-13(16-4)19-12)14(21)20-15-17-9(2)6-10(3)18-15/h6-8H,5H2,1-4H3,(H,16,19)(H,17,18,20,21). The van der Waals surface area contributed by atoms with Crippen molar-refractivity contribution in [3.63, 3.8) is 0 Å². The van der Waals surface area contributed by atoms with Gasteiger partial charge in [-0.3, -0.25) is 10.1 Å². The second-order valence-electron chi connectivity index (χ2n) is 4.76. The summed E-state index contributed by atoms with van der Waals surface area (Å²) in [5.74, 6) is 0.743. The molecule has 2 heterocycles. The number of nitrogens with one attached hydrogen (secondary N) is 2. The molecule has 0 spiro atoms. The molecule has 0 bridgehead atoms. The highest BCUT2D eigenvalue weighted by atomic mass is 16.1. The van der Waals surface area contributed by atoms with Crippen LogP contribution in [-0.4, -0.2) is 27.9 Å². The van der Waals surface area contributed by atoms with Crippen LogP contribution >= 0.6 is 0 Å². The van der Waals surface area contributed by atoms with Gasteiger partial charge in [-0.1, -0.05) is 6.92 Å². The molecule has 0 saturated heterocycles. The number of aryl methyl sites for hydroxylation is 3. The van der Waals surface area contributed by atoms with E-state index >= 15 is 0 Å². The topological polar surface area (TPSA) is 79.8 Å². The first-order valence-corrected chi connectivity index (χ1v) is 6.84. The molecule has 0 radical (unpaired) electrons. The first-order valence-electron chi connectivity index (χ1n) is 6.84. The van der Waals surface area contributed by atoms with Gasteiger partial charge in [0.15, 0.2) is 0 Å². The number of amides is 1. The van der Waals surface area contributed by atoms with Gasteiger partial charge in [0, 0.05) is 29.7 Å². The molecule has 0 unspecified atom stereocenters. The second kappa shape index (κ2) is 6.30. The average molecular weight is 285 g/mol. The third kappa shape index (κ3) is 3.75. The maximum absolute atomic E-state index is 12.3. The van der Waals surface area contributed by atoms with Crippen molar-refractivity contribution in [1.29, 1.82) is 0 Å². The van der Waals surface area contributed by atoms with Gasteiger partial charge in [-0.2, -0.15) is 0 Å². The van der Waals surface area contributed by atoms with Crippen LogP contribution in [0.4, 0.5) is 11.8 Å². The van der Waals surface area contributed by atoms with E-state index in [2.05, 4.69) is 25.6 Å². The molecule has 0 aliphatic rings. The maximum Gasteiger partial charge on any atom is 0.258 e. The Kier molecular flexibility index (Phi) is 4.47. The minimum absolute atomic E-state index is 0.242. The summed E-state index contributed by atoms with van der Waals surface area (Å²) in [4.78, 5) is 25.1. The first-order chi connectivity index (χ1) is 10.0. The number of anilines is 2. The van der Waals surface area contributed by atoms with E-state index in [-0.39, 0.29) is 5.91 Å². The van der Waals surface area contributed by atoms with Gasteiger partial charge in [0.1, 0.15) is 5.82 Å². The molecule has 6 heteroatoms. The van der Waals surface area contributed by atoms with Crippen LogP contribution < -0.4 is 10.6 Å². The number of carbonyl (C=O) groups excluding carboxylic acids is 1. The third-order valence-electron chi connectivity index (χ3n) is 2.97. The van der Waals surface area contributed by atoms with Crippen LogP contribution in [0.1, 0.15) is 34.4 Å². The molecule has 21 heavy (non-hydrogen) atoms. The number of carbonyl (C=O) groups is 1. The van der Waals surface area contributed by atoms with Gasteiger partial charge < -0.3 is 5.32 Å². The highest BCUT2D eigenvalue weighted by Crippen LogP contribution is 2.13. The summed E-state index contributed by atoms with van der Waals surface area (Å²) in [6.45, 7) is 5.73. The van der Waals surface area contributed by atoms with E-state index in [0.29, 0.717) is 17.3 Å². The van der Waals surface area contributed by atoms with Crippen molar-refractivity contribution in [3.05, 3.63) is 40.8 Å². The molecule has 2 aromatic heterocycles. The lowest BCUT2D eigenvalue weighted by Gasteiger charge is -2.08. The fraction of sp³-hybridized carbons (Fsp3) is 0.333. The van der Waals surface area contributed by atoms with E-state index in [0.717, 1.165) is 23.5 Å². The predicted octanol–water partition coefficient (Wildman–Crippen LogP) is 2.34. The Morgan fingerprint density at radius 1 is 1.10 bits per heavy atom. The molecule has 6 nitrogen and oxygen atoms in total. The Balaban J connectivity index is 2.27. The van der Waals surface area contributed by atoms with Crippen LogP contribution in [-0.2, 0) is 6.42 Å². The minimum atomic E-state index is -0.242. The Morgan fingerprint density at radius 2 is 1.76 bits per heavy atom. The number of nitrogens with zero attached hydrogens (tertiary/aromatic N) is 3. The Bertz CT molecular complexity index is 627. The average Bonchev–Trinajstić information content (AvgIpc) is 2.45. The van der Waals surface area contributed by atoms with Crippen molar-refractivity contribution in [2.24, 2.45) is 0 Å². The maximum atomic E-state index is 12.3. The molecule has 110 valence electrons. The van der Waals surface area contributed by atoms with E-state index < -0.39 is 0 Å². The third-order valence-corrected chi connectivity index (χ3v) is 2.97. The van der Waals surface area contributed by atoms with Crippen LogP contribution in [0.25, 0.3) is 0 Å². The fourth-order valence-corrected chi connectivity index (χ4v) is 1.98. The zero-order valence-corrected chi connectivity index (χ0v) is 12.7. The second-order valence-corrected chi connectivity index (χ2v) is 4.76. The monoisotopic (exact) mass is 285 g/mol. The lowest BCUT2D eigenvalue weighted by Crippen LogP contribution is -2.16. The van der Waals surface area contributed by atoms with Crippen molar-refractivity contribution in [3.8, 4) is 0 Å². The first kappa shape index (κ1) is 14.9. The Hall–Kier alpha value is -2.50. The predicted molar refractivity (Wildman–Crippen MR) is 82.6 cm³/mol. The van der Waals surface area contributed by atoms with E-state index in [4.69, 9.17) is 0 Å². The summed E-state index contributed by atoms with van der Waals surface area (Å²) in [6.07, 6.45) is 0.760. The molecule has 1 amide bonds. The number of aromatic nitrogens is 3. The number of hydrogen-bond acceptors (Lipinski definition) is 5. The number of hydrogen-bond donors (Lipinski definition) is 2. The van der Waals surface area contributed by atoms with Gasteiger partial charge >= 0.3 is 0 Å². The van der Waals surface area contributed by atoms with Crippen LogP contribution in [0.15, 0.2) is 18.2 Å². The Morgan fingerprint density at radius 3 is 2.33 bits per heavy atom. The highest BCUT2D eigenvalue weighted by Gasteiger charge is 2.11. The van der Waals surface area contributed by atoms with Crippen LogP contribution in [0.2, 0.25) is 0 Å². The van der Waals surface area contributed by atoms with Crippen molar-refractivity contribution in [1.82, 2.24) is 15.0 Å². The van der Waals surface area contributed by atoms with Crippen molar-refractivity contribution in [2.75, 3.05) is 17.7 Å². The van der Waals surface area contributed by atoms with E-state index in [1.54, 1.807) is 19.2 Å². The van der Waals surface area contributed by atoms with Gasteiger partial charge in [-0.15, -0.1) is 0 Å². The molecule has 2 aromatic rings.